The van der Waals surface area contributed by atoms with E-state index >= 15 is 0 Å². The summed E-state index contributed by atoms with van der Waals surface area (Å²) < 4.78 is 0. The highest BCUT2D eigenvalue weighted by Crippen LogP contribution is 2.04. The van der Waals surface area contributed by atoms with Crippen molar-refractivity contribution in [3.8, 4) is 5.75 Å². The van der Waals surface area contributed by atoms with Crippen LogP contribution in [0.25, 0.3) is 0 Å². The molecule has 0 unspecified atom stereocenters. The maximum absolute atomic E-state index is 8.71. The molecule has 2 N–H and O–H groups in total. The first-order valence-electron chi connectivity index (χ1n) is 2.57. The van der Waals surface area contributed by atoms with Crippen molar-refractivity contribution in [2.45, 2.75) is 6.61 Å². The molecule has 0 bridgehead atoms. The van der Waals surface area contributed by atoms with Gasteiger partial charge in [-0.15, -0.1) is 12.4 Å². The molecule has 0 fully saturated rings. The zero-order chi connectivity index (χ0) is 6.69. The Morgan fingerprint density at radius 1 is 1.40 bits per heavy atom. The fraction of sp³-hybridized carbons (Fsp3) is 0.167. The van der Waals surface area contributed by atoms with Crippen LogP contribution in [-0.2, 0) is 6.61 Å². The lowest BCUT2D eigenvalue weighted by atomic mass is 10.3. The number of aromatic nitrogens is 1. The highest BCUT2D eigenvalue weighted by molar-refractivity contribution is 5.85. The fourth-order valence-corrected chi connectivity index (χ4v) is 0.510. The van der Waals surface area contributed by atoms with Crippen LogP contribution in [0.2, 0.25) is 0 Å². The summed E-state index contributed by atoms with van der Waals surface area (Å²) in [4.78, 5) is 3.70. The second kappa shape index (κ2) is 4.09. The maximum Gasteiger partial charge on any atom is 0.133 e. The van der Waals surface area contributed by atoms with Crippen molar-refractivity contribution in [2.75, 3.05) is 0 Å². The van der Waals surface area contributed by atoms with Crippen LogP contribution in [0, 0.1) is 0 Å². The van der Waals surface area contributed by atoms with E-state index in [0.717, 1.165) is 0 Å². The molecule has 1 aromatic rings. The average molecular weight is 162 g/mol. The van der Waals surface area contributed by atoms with Gasteiger partial charge >= 0.3 is 0 Å². The number of nitrogens with zero attached hydrogens (tertiary/aromatic N) is 1. The van der Waals surface area contributed by atoms with Gasteiger partial charge in [0.25, 0.3) is 0 Å². The van der Waals surface area contributed by atoms with Crippen molar-refractivity contribution in [2.24, 2.45) is 0 Å². The van der Waals surface area contributed by atoms with Crippen LogP contribution in [0.5, 0.6) is 5.75 Å². The van der Waals surface area contributed by atoms with Crippen molar-refractivity contribution in [1.29, 1.82) is 0 Å². The summed E-state index contributed by atoms with van der Waals surface area (Å²) in [6, 6.07) is 3.05. The zero-order valence-corrected chi connectivity index (χ0v) is 6.01. The molecule has 0 aliphatic heterocycles. The number of rotatable bonds is 1. The standard InChI is InChI=1S/C6H7NO2.ClH/c8-4-5-1-2-6(9)3-7-5;/h1-3,8-9H,4H2;1H. The van der Waals surface area contributed by atoms with Gasteiger partial charge in [-0.25, -0.2) is 0 Å². The van der Waals surface area contributed by atoms with Gasteiger partial charge in [0.2, 0.25) is 0 Å². The third-order valence-corrected chi connectivity index (χ3v) is 0.971. The van der Waals surface area contributed by atoms with E-state index in [1.165, 1.54) is 12.3 Å². The quantitative estimate of drug-likeness (QED) is 0.638. The summed E-state index contributed by atoms with van der Waals surface area (Å²) in [5, 5.41) is 17.2. The van der Waals surface area contributed by atoms with E-state index in [-0.39, 0.29) is 24.8 Å². The van der Waals surface area contributed by atoms with Gasteiger partial charge in [-0.3, -0.25) is 4.98 Å². The number of aliphatic hydroxyl groups is 1. The molecule has 1 rings (SSSR count). The Morgan fingerprint density at radius 3 is 2.50 bits per heavy atom. The van der Waals surface area contributed by atoms with Crippen molar-refractivity contribution in [3.63, 3.8) is 0 Å². The van der Waals surface area contributed by atoms with E-state index in [0.29, 0.717) is 5.69 Å². The molecule has 0 spiro atoms. The van der Waals surface area contributed by atoms with Crippen LogP contribution in [0.3, 0.4) is 0 Å². The van der Waals surface area contributed by atoms with Gasteiger partial charge in [-0.1, -0.05) is 0 Å². The Hall–Kier alpha value is -0.800. The normalized spacial score (nSPS) is 8.50. The Morgan fingerprint density at radius 2 is 2.10 bits per heavy atom. The third kappa shape index (κ3) is 2.21. The van der Waals surface area contributed by atoms with Crippen molar-refractivity contribution in [3.05, 3.63) is 24.0 Å². The van der Waals surface area contributed by atoms with E-state index in [1.54, 1.807) is 6.07 Å². The third-order valence-electron chi connectivity index (χ3n) is 0.971. The van der Waals surface area contributed by atoms with Crippen molar-refractivity contribution < 1.29 is 10.2 Å². The van der Waals surface area contributed by atoms with Crippen molar-refractivity contribution in [1.82, 2.24) is 4.98 Å². The molecule has 0 amide bonds. The predicted octanol–water partition coefficient (Wildman–Crippen LogP) is 0.701. The molecule has 0 atom stereocenters. The summed E-state index contributed by atoms with van der Waals surface area (Å²) in [7, 11) is 0. The molecule has 56 valence electrons. The molecule has 0 saturated carbocycles. The maximum atomic E-state index is 8.71. The van der Waals surface area contributed by atoms with Gasteiger partial charge in [0, 0.05) is 0 Å². The molecular formula is C6H8ClNO2. The van der Waals surface area contributed by atoms with E-state index < -0.39 is 0 Å². The topological polar surface area (TPSA) is 53.4 Å². The smallest absolute Gasteiger partial charge is 0.133 e. The molecule has 0 aromatic carbocycles. The molecule has 1 heterocycles. The monoisotopic (exact) mass is 161 g/mol. The molecule has 1 aromatic heterocycles. The number of hydrogen-bond donors (Lipinski definition) is 2. The van der Waals surface area contributed by atoms with E-state index in [4.69, 9.17) is 10.2 Å². The molecule has 0 aliphatic rings. The van der Waals surface area contributed by atoms with Crippen LogP contribution >= 0.6 is 12.4 Å². The first-order chi connectivity index (χ1) is 4.33. The summed E-state index contributed by atoms with van der Waals surface area (Å²) in [6.45, 7) is -0.0831. The van der Waals surface area contributed by atoms with Gasteiger partial charge in [-0.2, -0.15) is 0 Å². The van der Waals surface area contributed by atoms with Gasteiger partial charge in [0.05, 0.1) is 18.5 Å². The number of hydrogen-bond acceptors (Lipinski definition) is 3. The average Bonchev–Trinajstić information content (AvgIpc) is 1.90. The zero-order valence-electron chi connectivity index (χ0n) is 5.19. The Balaban J connectivity index is 0.000000810. The Bertz CT molecular complexity index is 187. The largest absolute Gasteiger partial charge is 0.506 e. The van der Waals surface area contributed by atoms with Crippen LogP contribution in [0.4, 0.5) is 0 Å². The lowest BCUT2D eigenvalue weighted by Crippen LogP contribution is -1.85. The second-order valence-electron chi connectivity index (χ2n) is 1.67. The second-order valence-corrected chi connectivity index (χ2v) is 1.67. The Kier molecular flexibility index (Phi) is 3.76. The van der Waals surface area contributed by atoms with Gasteiger partial charge in [0.1, 0.15) is 5.75 Å². The summed E-state index contributed by atoms with van der Waals surface area (Å²) in [5.41, 5.74) is 0.563. The summed E-state index contributed by atoms with van der Waals surface area (Å²) in [6.07, 6.45) is 1.30. The lowest BCUT2D eigenvalue weighted by Gasteiger charge is -1.92. The number of aliphatic hydroxyl groups excluding tert-OH is 1. The first kappa shape index (κ1) is 9.20. The van der Waals surface area contributed by atoms with E-state index in [9.17, 15) is 0 Å². The molecule has 0 saturated heterocycles. The SMILES string of the molecule is Cl.OCc1ccc(O)cn1. The molecule has 0 aliphatic carbocycles. The summed E-state index contributed by atoms with van der Waals surface area (Å²) >= 11 is 0. The molecule has 3 nitrogen and oxygen atoms in total. The highest BCUT2D eigenvalue weighted by atomic mass is 35.5. The number of aromatic hydroxyl groups is 1. The van der Waals surface area contributed by atoms with Gasteiger partial charge in [0.15, 0.2) is 0 Å². The fourth-order valence-electron chi connectivity index (χ4n) is 0.510. The van der Waals surface area contributed by atoms with Gasteiger partial charge in [-0.05, 0) is 12.1 Å². The van der Waals surface area contributed by atoms with E-state index in [2.05, 4.69) is 4.98 Å². The molecule has 10 heavy (non-hydrogen) atoms. The minimum Gasteiger partial charge on any atom is -0.506 e. The minimum absolute atomic E-state index is 0. The first-order valence-corrected chi connectivity index (χ1v) is 2.57. The summed E-state index contributed by atoms with van der Waals surface area (Å²) in [5.74, 6) is 0.118. The Labute approximate surface area is 64.8 Å². The van der Waals surface area contributed by atoms with E-state index in [1.807, 2.05) is 0 Å². The number of pyridine rings is 1. The highest BCUT2D eigenvalue weighted by Gasteiger charge is 1.89. The minimum atomic E-state index is -0.0831. The van der Waals surface area contributed by atoms with Gasteiger partial charge < -0.3 is 10.2 Å². The molecule has 0 radical (unpaired) electrons. The number of halogens is 1. The van der Waals surface area contributed by atoms with Crippen molar-refractivity contribution >= 4 is 12.4 Å². The molecular weight excluding hydrogens is 154 g/mol. The van der Waals surface area contributed by atoms with Crippen LogP contribution in [-0.4, -0.2) is 15.2 Å². The predicted molar refractivity (Wildman–Crippen MR) is 39.1 cm³/mol. The van der Waals surface area contributed by atoms with Crippen LogP contribution in [0.15, 0.2) is 18.3 Å². The van der Waals surface area contributed by atoms with Crippen LogP contribution in [0.1, 0.15) is 5.69 Å². The van der Waals surface area contributed by atoms with Crippen LogP contribution < -0.4 is 0 Å². The lowest BCUT2D eigenvalue weighted by molar-refractivity contribution is 0.276. The molecule has 4 heteroatoms.